The SMILES string of the molecule is CN(C)c1ccc(NC(=O)CCCCCc2noc(C(F)(F)F)n2)cn1. The number of hydrogen-bond acceptors (Lipinski definition) is 6. The van der Waals surface area contributed by atoms with Crippen LogP contribution in [-0.4, -0.2) is 35.1 Å². The molecule has 0 aliphatic rings. The average molecular weight is 371 g/mol. The average Bonchev–Trinajstić information content (AvgIpc) is 3.04. The van der Waals surface area contributed by atoms with Gasteiger partial charge in [0.25, 0.3) is 0 Å². The fourth-order valence-electron chi connectivity index (χ4n) is 2.16. The van der Waals surface area contributed by atoms with Gasteiger partial charge in [-0.05, 0) is 25.0 Å². The second-order valence-electron chi connectivity index (χ2n) is 5.92. The van der Waals surface area contributed by atoms with Crippen molar-refractivity contribution in [2.45, 2.75) is 38.3 Å². The van der Waals surface area contributed by atoms with Crippen LogP contribution in [0.3, 0.4) is 0 Å². The smallest absolute Gasteiger partial charge is 0.363 e. The molecular formula is C16H20F3N5O2. The van der Waals surface area contributed by atoms with Crippen molar-refractivity contribution < 1.29 is 22.5 Å². The number of aromatic nitrogens is 3. The van der Waals surface area contributed by atoms with E-state index in [1.807, 2.05) is 19.0 Å². The van der Waals surface area contributed by atoms with Gasteiger partial charge in [-0.15, -0.1) is 0 Å². The van der Waals surface area contributed by atoms with Gasteiger partial charge in [-0.1, -0.05) is 11.6 Å². The Balaban J connectivity index is 1.65. The van der Waals surface area contributed by atoms with Gasteiger partial charge in [0.1, 0.15) is 5.82 Å². The van der Waals surface area contributed by atoms with Crippen LogP contribution in [-0.2, 0) is 17.4 Å². The van der Waals surface area contributed by atoms with Crippen LogP contribution in [0, 0.1) is 0 Å². The number of nitrogens with zero attached hydrogens (tertiary/aromatic N) is 4. The van der Waals surface area contributed by atoms with Crippen LogP contribution in [0.4, 0.5) is 24.7 Å². The first-order chi connectivity index (χ1) is 12.3. The summed E-state index contributed by atoms with van der Waals surface area (Å²) in [6.45, 7) is 0. The number of rotatable bonds is 8. The molecule has 26 heavy (non-hydrogen) atoms. The Hall–Kier alpha value is -2.65. The molecule has 2 rings (SSSR count). The zero-order chi connectivity index (χ0) is 19.2. The quantitative estimate of drug-likeness (QED) is 0.717. The second kappa shape index (κ2) is 8.63. The van der Waals surface area contributed by atoms with Gasteiger partial charge in [0.05, 0.1) is 11.9 Å². The highest BCUT2D eigenvalue weighted by Crippen LogP contribution is 2.27. The standard InChI is InChI=1S/C16H20F3N5O2/c1-24(2)13-9-8-11(10-20-13)21-14(25)7-5-3-4-6-12-22-15(26-23-12)16(17,18)19/h8-10H,3-7H2,1-2H3,(H,21,25). The Morgan fingerprint density at radius 3 is 2.58 bits per heavy atom. The molecule has 0 saturated heterocycles. The molecule has 7 nitrogen and oxygen atoms in total. The molecule has 0 bridgehead atoms. The minimum Gasteiger partial charge on any atom is -0.363 e. The number of carbonyl (C=O) groups excluding carboxylic acids is 1. The molecule has 0 atom stereocenters. The highest BCUT2D eigenvalue weighted by atomic mass is 19.4. The van der Waals surface area contributed by atoms with E-state index in [-0.39, 0.29) is 18.2 Å². The maximum Gasteiger partial charge on any atom is 0.471 e. The number of alkyl halides is 3. The summed E-state index contributed by atoms with van der Waals surface area (Å²) in [5, 5.41) is 6.05. The Morgan fingerprint density at radius 2 is 2.00 bits per heavy atom. The number of nitrogens with one attached hydrogen (secondary N) is 1. The molecule has 0 unspecified atom stereocenters. The monoisotopic (exact) mass is 371 g/mol. The van der Waals surface area contributed by atoms with E-state index in [1.165, 1.54) is 0 Å². The molecule has 0 aromatic carbocycles. The molecule has 142 valence electrons. The Bertz CT molecular complexity index is 713. The lowest BCUT2D eigenvalue weighted by molar-refractivity contribution is -0.159. The number of carbonyl (C=O) groups is 1. The second-order valence-corrected chi connectivity index (χ2v) is 5.92. The summed E-state index contributed by atoms with van der Waals surface area (Å²) in [4.78, 5) is 21.2. The van der Waals surface area contributed by atoms with E-state index in [0.717, 1.165) is 5.82 Å². The van der Waals surface area contributed by atoms with Gasteiger partial charge in [0.15, 0.2) is 5.82 Å². The van der Waals surface area contributed by atoms with Crippen molar-refractivity contribution in [3.8, 4) is 0 Å². The van der Waals surface area contributed by atoms with Gasteiger partial charge in [-0.25, -0.2) is 4.98 Å². The van der Waals surface area contributed by atoms with Crippen LogP contribution in [0.2, 0.25) is 0 Å². The molecular weight excluding hydrogens is 351 g/mol. The fourth-order valence-corrected chi connectivity index (χ4v) is 2.16. The highest BCUT2D eigenvalue weighted by Gasteiger charge is 2.38. The summed E-state index contributed by atoms with van der Waals surface area (Å²) in [6.07, 6.45) is -0.597. The fraction of sp³-hybridized carbons (Fsp3) is 0.500. The van der Waals surface area contributed by atoms with E-state index in [4.69, 9.17) is 0 Å². The molecule has 0 aliphatic heterocycles. The van der Waals surface area contributed by atoms with Crippen LogP contribution in [0.5, 0.6) is 0 Å². The summed E-state index contributed by atoms with van der Waals surface area (Å²) in [7, 11) is 3.75. The summed E-state index contributed by atoms with van der Waals surface area (Å²) >= 11 is 0. The van der Waals surface area contributed by atoms with Gasteiger partial charge in [-0.2, -0.15) is 18.2 Å². The largest absolute Gasteiger partial charge is 0.471 e. The van der Waals surface area contributed by atoms with E-state index < -0.39 is 12.1 Å². The summed E-state index contributed by atoms with van der Waals surface area (Å²) in [5.74, 6) is -0.656. The number of pyridine rings is 1. The van der Waals surface area contributed by atoms with Crippen molar-refractivity contribution in [3.63, 3.8) is 0 Å². The van der Waals surface area contributed by atoms with Crippen LogP contribution >= 0.6 is 0 Å². The molecule has 0 fully saturated rings. The minimum absolute atomic E-state index is 0.0221. The first kappa shape index (κ1) is 19.7. The maximum atomic E-state index is 12.3. The zero-order valence-corrected chi connectivity index (χ0v) is 14.5. The predicted molar refractivity (Wildman–Crippen MR) is 88.7 cm³/mol. The van der Waals surface area contributed by atoms with E-state index in [0.29, 0.717) is 31.4 Å². The molecule has 2 heterocycles. The van der Waals surface area contributed by atoms with Crippen molar-refractivity contribution >= 4 is 17.4 Å². The summed E-state index contributed by atoms with van der Waals surface area (Å²) < 4.78 is 41.1. The molecule has 10 heteroatoms. The van der Waals surface area contributed by atoms with Crippen molar-refractivity contribution in [1.29, 1.82) is 0 Å². The van der Waals surface area contributed by atoms with Gasteiger partial charge in [-0.3, -0.25) is 4.79 Å². The van der Waals surface area contributed by atoms with Crippen LogP contribution in [0.25, 0.3) is 0 Å². The number of aryl methyl sites for hydroxylation is 1. The molecule has 1 N–H and O–H groups in total. The van der Waals surface area contributed by atoms with E-state index in [2.05, 4.69) is 25.0 Å². The van der Waals surface area contributed by atoms with Crippen LogP contribution in [0.1, 0.15) is 37.4 Å². The summed E-state index contributed by atoms with van der Waals surface area (Å²) in [5.41, 5.74) is 0.618. The first-order valence-corrected chi connectivity index (χ1v) is 8.08. The third-order valence-corrected chi connectivity index (χ3v) is 3.50. The number of amides is 1. The zero-order valence-electron chi connectivity index (χ0n) is 14.5. The number of unbranched alkanes of at least 4 members (excludes halogenated alkanes) is 2. The lowest BCUT2D eigenvalue weighted by Gasteiger charge is -2.11. The van der Waals surface area contributed by atoms with Crippen LogP contribution < -0.4 is 10.2 Å². The van der Waals surface area contributed by atoms with Gasteiger partial charge >= 0.3 is 12.1 Å². The lowest BCUT2D eigenvalue weighted by atomic mass is 10.1. The van der Waals surface area contributed by atoms with Gasteiger partial charge < -0.3 is 14.7 Å². The third-order valence-electron chi connectivity index (χ3n) is 3.50. The number of hydrogen-bond donors (Lipinski definition) is 1. The normalized spacial score (nSPS) is 11.4. The van der Waals surface area contributed by atoms with E-state index >= 15 is 0 Å². The summed E-state index contributed by atoms with van der Waals surface area (Å²) in [6, 6.07) is 3.57. The van der Waals surface area contributed by atoms with Crippen molar-refractivity contribution in [1.82, 2.24) is 15.1 Å². The third kappa shape index (κ3) is 6.01. The highest BCUT2D eigenvalue weighted by molar-refractivity contribution is 5.90. The van der Waals surface area contributed by atoms with Crippen molar-refractivity contribution in [2.75, 3.05) is 24.3 Å². The molecule has 2 aromatic heterocycles. The number of halogens is 3. The van der Waals surface area contributed by atoms with Crippen molar-refractivity contribution in [2.24, 2.45) is 0 Å². The predicted octanol–water partition coefficient (Wildman–Crippen LogP) is 3.29. The molecule has 0 radical (unpaired) electrons. The lowest BCUT2D eigenvalue weighted by Crippen LogP contribution is -2.13. The topological polar surface area (TPSA) is 84.2 Å². The van der Waals surface area contributed by atoms with Crippen molar-refractivity contribution in [3.05, 3.63) is 30.0 Å². The van der Waals surface area contributed by atoms with Gasteiger partial charge in [0.2, 0.25) is 5.91 Å². The Labute approximate surface area is 148 Å². The first-order valence-electron chi connectivity index (χ1n) is 8.08. The molecule has 1 amide bonds. The Kier molecular flexibility index (Phi) is 6.53. The molecule has 0 spiro atoms. The van der Waals surface area contributed by atoms with Crippen LogP contribution in [0.15, 0.2) is 22.9 Å². The maximum absolute atomic E-state index is 12.3. The molecule has 2 aromatic rings. The van der Waals surface area contributed by atoms with Gasteiger partial charge in [0, 0.05) is 26.9 Å². The molecule has 0 aliphatic carbocycles. The Morgan fingerprint density at radius 1 is 1.23 bits per heavy atom. The van der Waals surface area contributed by atoms with E-state index in [1.54, 1.807) is 18.3 Å². The van der Waals surface area contributed by atoms with E-state index in [9.17, 15) is 18.0 Å². The molecule has 0 saturated carbocycles. The minimum atomic E-state index is -4.62. The number of anilines is 2.